The molecule has 12 nitrogen and oxygen atoms in total. The molecule has 0 saturated heterocycles. The Kier molecular flexibility index (Phi) is 5.21. The molecule has 13 heteroatoms. The number of hydrogen-bond donors (Lipinski definition) is 4. The number of rotatable bonds is 6. The Balaban J connectivity index is 2.13. The number of carboxylic acid groups (broad SMARTS) is 1. The van der Waals surface area contributed by atoms with Gasteiger partial charge in [0.05, 0.1) is 10.6 Å². The number of benzene rings is 2. The van der Waals surface area contributed by atoms with E-state index in [1.54, 1.807) is 0 Å². The Morgan fingerprint density at radius 3 is 2.43 bits per heavy atom. The third-order valence-corrected chi connectivity index (χ3v) is 5.29. The van der Waals surface area contributed by atoms with E-state index in [1.165, 1.54) is 36.4 Å². The second kappa shape index (κ2) is 7.63. The molecule has 2 aromatic carbocycles. The normalized spacial score (nSPS) is 11.1. The zero-order valence-corrected chi connectivity index (χ0v) is 15.6. The van der Waals surface area contributed by atoms with Crippen molar-refractivity contribution in [1.82, 2.24) is 9.97 Å². The first-order valence-electron chi connectivity index (χ1n) is 8.04. The summed E-state index contributed by atoms with van der Waals surface area (Å²) in [4.78, 5) is 38.6. The van der Waals surface area contributed by atoms with Gasteiger partial charge in [0.15, 0.2) is 10.6 Å². The highest BCUT2D eigenvalue weighted by molar-refractivity contribution is 7.92. The molecular weight excluding hydrogens is 420 g/mol. The summed E-state index contributed by atoms with van der Waals surface area (Å²) in [7, 11) is -4.44. The summed E-state index contributed by atoms with van der Waals surface area (Å²) in [6.45, 7) is 0. The number of nitro groups is 1. The molecule has 4 N–H and O–H groups in total. The molecule has 0 fully saturated rings. The Bertz CT molecular complexity index is 1330. The number of carbonyl (C=O) groups is 1. The first-order valence-corrected chi connectivity index (χ1v) is 9.52. The summed E-state index contributed by atoms with van der Waals surface area (Å²) < 4.78 is 27.7. The van der Waals surface area contributed by atoms with Crippen LogP contribution >= 0.6 is 0 Å². The number of hydrogen-bond acceptors (Lipinski definition) is 8. The maximum absolute atomic E-state index is 12.8. The first kappa shape index (κ1) is 20.5. The van der Waals surface area contributed by atoms with Crippen LogP contribution in [-0.2, 0) is 10.0 Å². The van der Waals surface area contributed by atoms with E-state index in [0.29, 0.717) is 0 Å². The fourth-order valence-corrected chi connectivity index (χ4v) is 3.81. The molecule has 0 aliphatic carbocycles. The summed E-state index contributed by atoms with van der Waals surface area (Å²) in [6, 6.07) is 10.2. The van der Waals surface area contributed by atoms with Gasteiger partial charge in [-0.2, -0.15) is 0 Å². The summed E-state index contributed by atoms with van der Waals surface area (Å²) in [6.07, 6.45) is 0. The molecule has 0 amide bonds. The number of aromatic carboxylic acids is 1. The number of carboxylic acids is 1. The Morgan fingerprint density at radius 2 is 1.77 bits per heavy atom. The SMILES string of the molecule is O=C(O)c1nc(-c2ccccc2NS(=O)(=O)c2ccccc2[N+](=O)[O-])[nH]c(=O)c1O. The predicted octanol–water partition coefficient (Wildman–Crippen LogP) is 1.55. The quantitative estimate of drug-likeness (QED) is 0.330. The number of para-hydroxylation sites is 2. The minimum atomic E-state index is -4.44. The van der Waals surface area contributed by atoms with Crippen molar-refractivity contribution in [2.75, 3.05) is 4.72 Å². The second-order valence-electron chi connectivity index (χ2n) is 5.79. The molecule has 30 heavy (non-hydrogen) atoms. The molecule has 0 unspecified atom stereocenters. The number of anilines is 1. The summed E-state index contributed by atoms with van der Waals surface area (Å²) in [5.41, 5.74) is -2.88. The van der Waals surface area contributed by atoms with Crippen molar-refractivity contribution in [3.63, 3.8) is 0 Å². The summed E-state index contributed by atoms with van der Waals surface area (Å²) in [5, 5.41) is 29.8. The lowest BCUT2D eigenvalue weighted by atomic mass is 10.1. The van der Waals surface area contributed by atoms with Crippen LogP contribution in [0.25, 0.3) is 11.4 Å². The lowest BCUT2D eigenvalue weighted by molar-refractivity contribution is -0.387. The lowest BCUT2D eigenvalue weighted by Crippen LogP contribution is -2.17. The van der Waals surface area contributed by atoms with Crippen LogP contribution in [0.2, 0.25) is 0 Å². The zero-order valence-electron chi connectivity index (χ0n) is 14.8. The Labute approximate surface area is 167 Å². The highest BCUT2D eigenvalue weighted by Crippen LogP contribution is 2.30. The van der Waals surface area contributed by atoms with Crippen molar-refractivity contribution in [2.45, 2.75) is 4.90 Å². The van der Waals surface area contributed by atoms with Gasteiger partial charge >= 0.3 is 5.97 Å². The van der Waals surface area contributed by atoms with Gasteiger partial charge in [-0.15, -0.1) is 0 Å². The summed E-state index contributed by atoms with van der Waals surface area (Å²) >= 11 is 0. The molecule has 0 saturated carbocycles. The Hall–Kier alpha value is -4.26. The van der Waals surface area contributed by atoms with E-state index in [1.807, 2.05) is 0 Å². The molecule has 0 spiro atoms. The zero-order chi connectivity index (χ0) is 22.1. The smallest absolute Gasteiger partial charge is 0.358 e. The maximum Gasteiger partial charge on any atom is 0.358 e. The van der Waals surface area contributed by atoms with Crippen molar-refractivity contribution >= 4 is 27.4 Å². The van der Waals surface area contributed by atoms with Crippen LogP contribution in [0.4, 0.5) is 11.4 Å². The average molecular weight is 432 g/mol. The molecule has 3 rings (SSSR count). The van der Waals surface area contributed by atoms with Crippen LogP contribution in [0.1, 0.15) is 10.5 Å². The number of nitrogens with one attached hydrogen (secondary N) is 2. The standard InChI is InChI=1S/C17H12N4O8S/c22-14-13(17(24)25)18-15(19-16(14)23)9-5-1-2-6-10(9)20-30(28,29)12-8-4-3-7-11(12)21(26)27/h1-8,20,22H,(H,24,25)(H,18,19,23). The molecular formula is C17H12N4O8S. The van der Waals surface area contributed by atoms with E-state index in [2.05, 4.69) is 14.7 Å². The number of H-pyrrole nitrogens is 1. The number of aromatic amines is 1. The largest absolute Gasteiger partial charge is 0.501 e. The monoisotopic (exact) mass is 432 g/mol. The fourth-order valence-electron chi connectivity index (χ4n) is 2.56. The van der Waals surface area contributed by atoms with E-state index < -0.39 is 48.5 Å². The molecule has 0 radical (unpaired) electrons. The van der Waals surface area contributed by atoms with E-state index in [0.717, 1.165) is 12.1 Å². The van der Waals surface area contributed by atoms with Crippen molar-refractivity contribution in [3.8, 4) is 17.1 Å². The van der Waals surface area contributed by atoms with Gasteiger partial charge in [0.1, 0.15) is 5.82 Å². The van der Waals surface area contributed by atoms with E-state index in [9.17, 15) is 33.2 Å². The highest BCUT2D eigenvalue weighted by Gasteiger charge is 2.26. The second-order valence-corrected chi connectivity index (χ2v) is 7.44. The topological polar surface area (TPSA) is 193 Å². The van der Waals surface area contributed by atoms with Crippen molar-refractivity contribution in [3.05, 3.63) is 74.7 Å². The predicted molar refractivity (Wildman–Crippen MR) is 103 cm³/mol. The molecule has 0 aliphatic rings. The lowest BCUT2D eigenvalue weighted by Gasteiger charge is -2.13. The molecule has 0 atom stereocenters. The van der Waals surface area contributed by atoms with Gasteiger partial charge < -0.3 is 15.2 Å². The molecule has 154 valence electrons. The van der Waals surface area contributed by atoms with E-state index in [4.69, 9.17) is 5.11 Å². The minimum absolute atomic E-state index is 0.0285. The number of aromatic nitrogens is 2. The van der Waals surface area contributed by atoms with Gasteiger partial charge in [0.25, 0.3) is 21.3 Å². The van der Waals surface area contributed by atoms with Crippen molar-refractivity contribution < 1.29 is 28.3 Å². The highest BCUT2D eigenvalue weighted by atomic mass is 32.2. The van der Waals surface area contributed by atoms with E-state index >= 15 is 0 Å². The van der Waals surface area contributed by atoms with Crippen molar-refractivity contribution in [1.29, 1.82) is 0 Å². The summed E-state index contributed by atoms with van der Waals surface area (Å²) in [5.74, 6) is -3.11. The van der Waals surface area contributed by atoms with Crippen LogP contribution in [0.3, 0.4) is 0 Å². The van der Waals surface area contributed by atoms with E-state index in [-0.39, 0.29) is 17.1 Å². The van der Waals surface area contributed by atoms with Crippen LogP contribution in [-0.4, -0.2) is 39.5 Å². The van der Waals surface area contributed by atoms with Crippen molar-refractivity contribution in [2.24, 2.45) is 0 Å². The first-order chi connectivity index (χ1) is 14.1. The van der Waals surface area contributed by atoms with Crippen LogP contribution in [0.15, 0.2) is 58.2 Å². The van der Waals surface area contributed by atoms with Gasteiger partial charge in [0.2, 0.25) is 5.75 Å². The number of sulfonamides is 1. The number of nitro benzene ring substituents is 1. The third kappa shape index (κ3) is 3.81. The van der Waals surface area contributed by atoms with Gasteiger partial charge in [-0.1, -0.05) is 24.3 Å². The van der Waals surface area contributed by atoms with Crippen LogP contribution < -0.4 is 10.3 Å². The molecule has 0 bridgehead atoms. The van der Waals surface area contributed by atoms with Gasteiger partial charge in [-0.05, 0) is 18.2 Å². The average Bonchev–Trinajstić information content (AvgIpc) is 2.70. The third-order valence-electron chi connectivity index (χ3n) is 3.88. The molecule has 0 aliphatic heterocycles. The molecule has 1 aromatic heterocycles. The fraction of sp³-hybridized carbons (Fsp3) is 0. The molecule has 3 aromatic rings. The van der Waals surface area contributed by atoms with Gasteiger partial charge in [-0.25, -0.2) is 18.2 Å². The number of nitrogens with zero attached hydrogens (tertiary/aromatic N) is 2. The minimum Gasteiger partial charge on any atom is -0.501 e. The number of aromatic hydroxyl groups is 1. The van der Waals surface area contributed by atoms with Gasteiger partial charge in [-0.3, -0.25) is 19.6 Å². The Morgan fingerprint density at radius 1 is 1.13 bits per heavy atom. The van der Waals surface area contributed by atoms with Crippen LogP contribution in [0.5, 0.6) is 5.75 Å². The maximum atomic E-state index is 12.8. The van der Waals surface area contributed by atoms with Gasteiger partial charge in [0, 0.05) is 11.6 Å². The van der Waals surface area contributed by atoms with Crippen LogP contribution in [0, 0.1) is 10.1 Å². The molecule has 1 heterocycles.